The average molecular weight is 299 g/mol. The van der Waals surface area contributed by atoms with Crippen molar-refractivity contribution in [2.75, 3.05) is 7.11 Å². The highest BCUT2D eigenvalue weighted by atomic mass is 16.5. The van der Waals surface area contributed by atoms with E-state index >= 15 is 0 Å². The normalized spacial score (nSPS) is 17.5. The number of rotatable bonds is 4. The lowest BCUT2D eigenvalue weighted by atomic mass is 9.96. The van der Waals surface area contributed by atoms with Crippen LogP contribution in [0.1, 0.15) is 22.2 Å². The van der Waals surface area contributed by atoms with Crippen molar-refractivity contribution in [3.8, 4) is 5.75 Å². The number of Topliss-reactive ketones (excluding diaryl/α,β-unsaturated/α-hetero) is 1. The fourth-order valence-corrected chi connectivity index (χ4v) is 2.38. The molecule has 6 heteroatoms. The summed E-state index contributed by atoms with van der Waals surface area (Å²) in [6, 6.07) is 9.22. The molecule has 1 aliphatic rings. The van der Waals surface area contributed by atoms with Crippen LogP contribution in [0.2, 0.25) is 0 Å². The second-order valence-electron chi connectivity index (χ2n) is 4.75. The van der Waals surface area contributed by atoms with Gasteiger partial charge in [-0.2, -0.15) is 0 Å². The van der Waals surface area contributed by atoms with Gasteiger partial charge >= 0.3 is 0 Å². The van der Waals surface area contributed by atoms with Crippen LogP contribution in [0, 0.1) is 0 Å². The molecule has 112 valence electrons. The van der Waals surface area contributed by atoms with Crippen molar-refractivity contribution < 1.29 is 23.8 Å². The van der Waals surface area contributed by atoms with Crippen molar-refractivity contribution >= 4 is 11.7 Å². The van der Waals surface area contributed by atoms with Gasteiger partial charge in [-0.1, -0.05) is 12.1 Å². The highest BCUT2D eigenvalue weighted by Crippen LogP contribution is 2.33. The van der Waals surface area contributed by atoms with Crippen LogP contribution < -0.4 is 10.1 Å². The Kier molecular flexibility index (Phi) is 3.42. The third-order valence-electron chi connectivity index (χ3n) is 3.45. The van der Waals surface area contributed by atoms with Crippen molar-refractivity contribution in [1.29, 1.82) is 0 Å². The second kappa shape index (κ2) is 5.40. The van der Waals surface area contributed by atoms with Crippen LogP contribution in [0.25, 0.3) is 0 Å². The first-order valence-corrected chi connectivity index (χ1v) is 6.58. The minimum Gasteiger partial charge on any atom is -0.503 e. The van der Waals surface area contributed by atoms with Crippen molar-refractivity contribution in [2.24, 2.45) is 0 Å². The third kappa shape index (κ3) is 2.24. The van der Waals surface area contributed by atoms with Crippen LogP contribution >= 0.6 is 0 Å². The largest absolute Gasteiger partial charge is 0.503 e. The van der Waals surface area contributed by atoms with Crippen molar-refractivity contribution in [2.45, 2.75) is 6.04 Å². The summed E-state index contributed by atoms with van der Waals surface area (Å²) in [5.74, 6) is -1.17. The Morgan fingerprint density at radius 1 is 1.32 bits per heavy atom. The van der Waals surface area contributed by atoms with Crippen LogP contribution in [0.5, 0.6) is 5.75 Å². The molecule has 0 radical (unpaired) electrons. The summed E-state index contributed by atoms with van der Waals surface area (Å²) in [6.07, 6.45) is 1.36. The summed E-state index contributed by atoms with van der Waals surface area (Å²) in [5, 5.41) is 12.5. The first-order valence-electron chi connectivity index (χ1n) is 6.58. The molecule has 1 aromatic carbocycles. The highest BCUT2D eigenvalue weighted by Gasteiger charge is 2.38. The Labute approximate surface area is 126 Å². The number of benzene rings is 1. The van der Waals surface area contributed by atoms with Gasteiger partial charge in [-0.3, -0.25) is 9.59 Å². The number of hydrogen-bond donors (Lipinski definition) is 2. The van der Waals surface area contributed by atoms with Gasteiger partial charge in [0.15, 0.2) is 11.5 Å². The molecule has 0 saturated carbocycles. The Hall–Kier alpha value is -3.02. The number of hydrogen-bond acceptors (Lipinski definition) is 5. The molecule has 1 amide bonds. The highest BCUT2D eigenvalue weighted by molar-refractivity contribution is 6.14. The summed E-state index contributed by atoms with van der Waals surface area (Å²) in [4.78, 5) is 24.2. The van der Waals surface area contributed by atoms with Crippen LogP contribution in [0.15, 0.2) is 58.4 Å². The summed E-state index contributed by atoms with van der Waals surface area (Å²) in [7, 11) is 1.52. The minimum atomic E-state index is -0.750. The molecule has 2 N–H and O–H groups in total. The minimum absolute atomic E-state index is 0.0341. The first kappa shape index (κ1) is 13.9. The van der Waals surface area contributed by atoms with Gasteiger partial charge in [-0.15, -0.1) is 0 Å². The zero-order valence-corrected chi connectivity index (χ0v) is 11.7. The van der Waals surface area contributed by atoms with Gasteiger partial charge < -0.3 is 19.6 Å². The van der Waals surface area contributed by atoms with Gasteiger partial charge in [-0.05, 0) is 29.8 Å². The van der Waals surface area contributed by atoms with Gasteiger partial charge in [0.1, 0.15) is 5.75 Å². The van der Waals surface area contributed by atoms with Crippen molar-refractivity contribution in [3.05, 3.63) is 65.3 Å². The van der Waals surface area contributed by atoms with Gasteiger partial charge in [-0.25, -0.2) is 0 Å². The quantitative estimate of drug-likeness (QED) is 0.844. The van der Waals surface area contributed by atoms with E-state index in [2.05, 4.69) is 5.32 Å². The standard InChI is InChI=1S/C16H13NO5/c1-21-10-5-2-4-9(8-10)13-12(15(19)16(20)17-13)14(18)11-6-3-7-22-11/h2-8,13,19H,1H3,(H,17,20)/t13-/m0/s1. The molecule has 0 unspecified atom stereocenters. The predicted molar refractivity (Wildman–Crippen MR) is 76.6 cm³/mol. The molecule has 22 heavy (non-hydrogen) atoms. The van der Waals surface area contributed by atoms with Crippen LogP contribution in [0.3, 0.4) is 0 Å². The lowest BCUT2D eigenvalue weighted by Gasteiger charge is -2.14. The molecule has 1 aromatic heterocycles. The molecule has 0 spiro atoms. The predicted octanol–water partition coefficient (Wildman–Crippen LogP) is 2.15. The Morgan fingerprint density at radius 2 is 2.14 bits per heavy atom. The van der Waals surface area contributed by atoms with Crippen LogP contribution in [-0.2, 0) is 4.79 Å². The van der Waals surface area contributed by atoms with E-state index in [1.165, 1.54) is 19.4 Å². The Morgan fingerprint density at radius 3 is 2.82 bits per heavy atom. The van der Waals surface area contributed by atoms with E-state index in [1.807, 2.05) is 0 Å². The fraction of sp³-hybridized carbons (Fsp3) is 0.125. The summed E-state index contributed by atoms with van der Waals surface area (Å²) < 4.78 is 10.2. The number of carbonyl (C=O) groups excluding carboxylic acids is 2. The molecule has 3 rings (SSSR count). The molecule has 0 fully saturated rings. The maximum Gasteiger partial charge on any atom is 0.287 e. The van der Waals surface area contributed by atoms with E-state index in [-0.39, 0.29) is 11.3 Å². The van der Waals surface area contributed by atoms with E-state index in [4.69, 9.17) is 9.15 Å². The number of furan rings is 1. The monoisotopic (exact) mass is 299 g/mol. The van der Waals surface area contributed by atoms with Gasteiger partial charge in [0.05, 0.1) is 25.0 Å². The number of aliphatic hydroxyl groups excluding tert-OH is 1. The molecule has 6 nitrogen and oxygen atoms in total. The number of aliphatic hydroxyl groups is 1. The van der Waals surface area contributed by atoms with Crippen LogP contribution in [0.4, 0.5) is 0 Å². The maximum absolute atomic E-state index is 12.5. The topological polar surface area (TPSA) is 88.8 Å². The van der Waals surface area contributed by atoms with E-state index in [9.17, 15) is 14.7 Å². The van der Waals surface area contributed by atoms with E-state index in [0.29, 0.717) is 11.3 Å². The fourth-order valence-electron chi connectivity index (χ4n) is 2.38. The Balaban J connectivity index is 2.04. The van der Waals surface area contributed by atoms with Crippen molar-refractivity contribution in [3.63, 3.8) is 0 Å². The molecule has 0 saturated heterocycles. The number of methoxy groups -OCH3 is 1. The molecule has 1 atom stereocenters. The SMILES string of the molecule is COc1cccc([C@@H]2NC(=O)C(O)=C2C(=O)c2ccco2)c1. The first-order chi connectivity index (χ1) is 10.6. The number of amides is 1. The third-order valence-corrected chi connectivity index (χ3v) is 3.45. The zero-order chi connectivity index (χ0) is 15.7. The zero-order valence-electron chi connectivity index (χ0n) is 11.7. The lowest BCUT2D eigenvalue weighted by molar-refractivity contribution is -0.119. The smallest absolute Gasteiger partial charge is 0.287 e. The van der Waals surface area contributed by atoms with Crippen LogP contribution in [-0.4, -0.2) is 23.9 Å². The number of carbonyl (C=O) groups is 2. The molecule has 1 aliphatic heterocycles. The summed E-state index contributed by atoms with van der Waals surface area (Å²) >= 11 is 0. The molecular formula is C16H13NO5. The lowest BCUT2D eigenvalue weighted by Crippen LogP contribution is -2.23. The second-order valence-corrected chi connectivity index (χ2v) is 4.75. The molecule has 2 heterocycles. The average Bonchev–Trinajstić information content (AvgIpc) is 3.16. The molecular weight excluding hydrogens is 286 g/mol. The van der Waals surface area contributed by atoms with Gasteiger partial charge in [0.2, 0.25) is 5.78 Å². The maximum atomic E-state index is 12.5. The molecule has 0 bridgehead atoms. The van der Waals surface area contributed by atoms with Gasteiger partial charge in [0, 0.05) is 0 Å². The number of ketones is 1. The van der Waals surface area contributed by atoms with E-state index in [0.717, 1.165) is 0 Å². The van der Waals surface area contributed by atoms with E-state index in [1.54, 1.807) is 30.3 Å². The molecule has 0 aliphatic carbocycles. The summed E-state index contributed by atoms with van der Waals surface area (Å²) in [6.45, 7) is 0. The molecule has 2 aromatic rings. The summed E-state index contributed by atoms with van der Waals surface area (Å²) in [5.41, 5.74) is 0.597. The Bertz CT molecular complexity index is 761. The number of ether oxygens (including phenoxy) is 1. The van der Waals surface area contributed by atoms with Gasteiger partial charge in [0.25, 0.3) is 5.91 Å². The van der Waals surface area contributed by atoms with Crippen molar-refractivity contribution in [1.82, 2.24) is 5.32 Å². The van der Waals surface area contributed by atoms with E-state index < -0.39 is 23.5 Å². The number of nitrogens with one attached hydrogen (secondary N) is 1.